The molecule has 7 heteroatoms. The van der Waals surface area contributed by atoms with E-state index in [1.54, 1.807) is 0 Å². The molecule has 31 heavy (non-hydrogen) atoms. The minimum atomic E-state index is -0.414. The number of allylic oxidation sites excluding steroid dienone is 1. The van der Waals surface area contributed by atoms with Crippen LogP contribution in [0.4, 0.5) is 0 Å². The molecule has 0 saturated heterocycles. The summed E-state index contributed by atoms with van der Waals surface area (Å²) in [6.45, 7) is 0.996. The zero-order valence-electron chi connectivity index (χ0n) is 18.0. The van der Waals surface area contributed by atoms with Gasteiger partial charge in [-0.25, -0.2) is 4.98 Å². The number of nitrogens with zero attached hydrogens (tertiary/aromatic N) is 1. The number of carbonyl (C=O) groups is 1. The molecule has 1 amide bonds. The number of amides is 1. The predicted octanol–water partition coefficient (Wildman–Crippen LogP) is 3.80. The summed E-state index contributed by atoms with van der Waals surface area (Å²) in [5, 5.41) is 11.9. The van der Waals surface area contributed by atoms with E-state index in [2.05, 4.69) is 15.3 Å². The van der Waals surface area contributed by atoms with Gasteiger partial charge in [0, 0.05) is 13.0 Å². The second-order valence-electron chi connectivity index (χ2n) is 8.56. The molecule has 3 N–H and O–H groups in total. The highest BCUT2D eigenvalue weighted by molar-refractivity contribution is 5.91. The Bertz CT molecular complexity index is 855. The summed E-state index contributed by atoms with van der Waals surface area (Å²) in [5.74, 6) is 1.71. The molecule has 168 valence electrons. The summed E-state index contributed by atoms with van der Waals surface area (Å²) >= 11 is 0. The molecule has 1 aromatic carbocycles. The molecule has 1 aromatic heterocycles. The van der Waals surface area contributed by atoms with E-state index in [0.29, 0.717) is 43.0 Å². The topological polar surface area (TPSA) is 96.5 Å². The van der Waals surface area contributed by atoms with E-state index in [9.17, 15) is 4.79 Å². The Morgan fingerprint density at radius 2 is 2.06 bits per heavy atom. The van der Waals surface area contributed by atoms with Gasteiger partial charge in [0.25, 0.3) is 5.91 Å². The lowest BCUT2D eigenvalue weighted by Crippen LogP contribution is -2.35. The Hall–Kier alpha value is -2.38. The minimum Gasteiger partial charge on any atom is -0.459 e. The van der Waals surface area contributed by atoms with Crippen LogP contribution in [0.1, 0.15) is 57.2 Å². The van der Waals surface area contributed by atoms with Crippen LogP contribution in [-0.4, -0.2) is 40.5 Å². The fraction of sp³-hybridized carbons (Fsp3) is 0.583. The SMILES string of the molecule is O=C(NCc1nc2ccccc2[nH]1)C1=C[C@@H](C2CCCCC2)C[C@@H](OCCCCO)O1. The molecule has 0 radical (unpaired) electrons. The van der Waals surface area contributed by atoms with E-state index < -0.39 is 6.29 Å². The molecule has 2 aromatic rings. The van der Waals surface area contributed by atoms with Gasteiger partial charge < -0.3 is 24.9 Å². The highest BCUT2D eigenvalue weighted by Gasteiger charge is 2.32. The summed E-state index contributed by atoms with van der Waals surface area (Å²) in [4.78, 5) is 20.6. The Morgan fingerprint density at radius 3 is 2.87 bits per heavy atom. The number of benzene rings is 1. The number of aliphatic hydroxyl groups is 1. The zero-order valence-corrected chi connectivity index (χ0v) is 18.0. The van der Waals surface area contributed by atoms with E-state index in [-0.39, 0.29) is 12.5 Å². The summed E-state index contributed by atoms with van der Waals surface area (Å²) in [6.07, 6.45) is 10.1. The van der Waals surface area contributed by atoms with Gasteiger partial charge in [0.1, 0.15) is 5.82 Å². The molecule has 2 heterocycles. The number of para-hydroxylation sites is 2. The smallest absolute Gasteiger partial charge is 0.286 e. The highest BCUT2D eigenvalue weighted by Crippen LogP contribution is 2.37. The van der Waals surface area contributed by atoms with Crippen LogP contribution in [0.15, 0.2) is 36.1 Å². The number of hydrogen-bond donors (Lipinski definition) is 3. The molecule has 7 nitrogen and oxygen atoms in total. The lowest BCUT2D eigenvalue weighted by Gasteiger charge is -2.35. The number of aliphatic hydroxyl groups excluding tert-OH is 1. The molecule has 0 unspecified atom stereocenters. The van der Waals surface area contributed by atoms with Gasteiger partial charge in [-0.1, -0.05) is 31.4 Å². The first-order chi connectivity index (χ1) is 15.2. The molecule has 2 atom stereocenters. The number of unbranched alkanes of at least 4 members (excludes halogenated alkanes) is 1. The number of ether oxygens (including phenoxy) is 2. The normalized spacial score (nSPS) is 22.2. The van der Waals surface area contributed by atoms with E-state index in [0.717, 1.165) is 23.9 Å². The van der Waals surface area contributed by atoms with Crippen molar-refractivity contribution in [3.63, 3.8) is 0 Å². The number of hydrogen-bond acceptors (Lipinski definition) is 5. The average Bonchev–Trinajstić information content (AvgIpc) is 3.24. The molecule has 1 saturated carbocycles. The van der Waals surface area contributed by atoms with Crippen LogP contribution in [0, 0.1) is 11.8 Å². The lowest BCUT2D eigenvalue weighted by molar-refractivity contribution is -0.151. The van der Waals surface area contributed by atoms with Crippen molar-refractivity contribution in [3.05, 3.63) is 41.9 Å². The molecule has 0 spiro atoms. The fourth-order valence-corrected chi connectivity index (χ4v) is 4.60. The zero-order chi connectivity index (χ0) is 21.5. The van der Waals surface area contributed by atoms with Crippen LogP contribution in [0.2, 0.25) is 0 Å². The van der Waals surface area contributed by atoms with Crippen LogP contribution < -0.4 is 5.32 Å². The van der Waals surface area contributed by atoms with Gasteiger partial charge in [0.15, 0.2) is 5.76 Å². The number of fused-ring (bicyclic) bond motifs is 1. The fourth-order valence-electron chi connectivity index (χ4n) is 4.60. The summed E-state index contributed by atoms with van der Waals surface area (Å²) in [5.41, 5.74) is 1.84. The number of carbonyl (C=O) groups excluding carboxylic acids is 1. The summed E-state index contributed by atoms with van der Waals surface area (Å²) in [7, 11) is 0. The van der Waals surface area contributed by atoms with Crippen molar-refractivity contribution < 1.29 is 19.4 Å². The third-order valence-electron chi connectivity index (χ3n) is 6.28. The van der Waals surface area contributed by atoms with Gasteiger partial charge >= 0.3 is 0 Å². The van der Waals surface area contributed by atoms with Crippen LogP contribution in [-0.2, 0) is 20.8 Å². The largest absolute Gasteiger partial charge is 0.459 e. The third kappa shape index (κ3) is 5.86. The molecular weight excluding hydrogens is 394 g/mol. The Labute approximate surface area is 183 Å². The molecule has 2 aliphatic rings. The van der Waals surface area contributed by atoms with Gasteiger partial charge in [-0.2, -0.15) is 0 Å². The van der Waals surface area contributed by atoms with Crippen molar-refractivity contribution in [1.29, 1.82) is 0 Å². The first-order valence-electron chi connectivity index (χ1n) is 11.6. The highest BCUT2D eigenvalue weighted by atomic mass is 16.7. The summed E-state index contributed by atoms with van der Waals surface area (Å²) in [6, 6.07) is 7.80. The average molecular weight is 428 g/mol. The maximum atomic E-state index is 12.9. The van der Waals surface area contributed by atoms with Gasteiger partial charge in [0.05, 0.1) is 24.2 Å². The van der Waals surface area contributed by atoms with Crippen molar-refractivity contribution in [2.45, 2.75) is 64.2 Å². The lowest BCUT2D eigenvalue weighted by atomic mass is 9.77. The number of H-pyrrole nitrogens is 1. The first kappa shape index (κ1) is 21.8. The van der Waals surface area contributed by atoms with Gasteiger partial charge in [0.2, 0.25) is 6.29 Å². The van der Waals surface area contributed by atoms with Crippen LogP contribution in [0.25, 0.3) is 11.0 Å². The third-order valence-corrected chi connectivity index (χ3v) is 6.28. The molecule has 0 bridgehead atoms. The van der Waals surface area contributed by atoms with E-state index in [1.807, 2.05) is 30.3 Å². The maximum absolute atomic E-state index is 12.9. The number of nitrogens with one attached hydrogen (secondary N) is 2. The Kier molecular flexibility index (Phi) is 7.59. The Morgan fingerprint density at radius 1 is 1.23 bits per heavy atom. The van der Waals surface area contributed by atoms with Crippen molar-refractivity contribution in [1.82, 2.24) is 15.3 Å². The van der Waals surface area contributed by atoms with Crippen molar-refractivity contribution in [2.24, 2.45) is 11.8 Å². The van der Waals surface area contributed by atoms with Crippen molar-refractivity contribution in [3.8, 4) is 0 Å². The van der Waals surface area contributed by atoms with E-state index in [4.69, 9.17) is 14.6 Å². The standard InChI is InChI=1S/C24H33N3O4/c28-12-6-7-13-30-23-15-18(17-8-2-1-3-9-17)14-21(31-23)24(29)25-16-22-26-19-10-4-5-11-20(19)27-22/h4-5,10-11,14,17-18,23,28H,1-3,6-9,12-13,15-16H2,(H,25,29)(H,26,27)/t18-,23+/m1/s1. The van der Waals surface area contributed by atoms with Crippen LogP contribution in [0.3, 0.4) is 0 Å². The van der Waals surface area contributed by atoms with Crippen LogP contribution in [0.5, 0.6) is 0 Å². The molecule has 1 aliphatic carbocycles. The van der Waals surface area contributed by atoms with Gasteiger partial charge in [-0.3, -0.25) is 4.79 Å². The van der Waals surface area contributed by atoms with Crippen molar-refractivity contribution >= 4 is 16.9 Å². The maximum Gasteiger partial charge on any atom is 0.286 e. The first-order valence-corrected chi connectivity index (χ1v) is 11.6. The van der Waals surface area contributed by atoms with Gasteiger partial charge in [-0.15, -0.1) is 0 Å². The van der Waals surface area contributed by atoms with Gasteiger partial charge in [-0.05, 0) is 55.7 Å². The molecule has 1 fully saturated rings. The molecule has 4 rings (SSSR count). The number of imidazole rings is 1. The second-order valence-corrected chi connectivity index (χ2v) is 8.56. The Balaban J connectivity index is 1.39. The van der Waals surface area contributed by atoms with E-state index >= 15 is 0 Å². The minimum absolute atomic E-state index is 0.162. The quantitative estimate of drug-likeness (QED) is 0.529. The van der Waals surface area contributed by atoms with E-state index in [1.165, 1.54) is 32.1 Å². The molecule has 1 aliphatic heterocycles. The number of rotatable bonds is 9. The second kappa shape index (κ2) is 10.8. The monoisotopic (exact) mass is 427 g/mol. The predicted molar refractivity (Wildman–Crippen MR) is 118 cm³/mol. The van der Waals surface area contributed by atoms with Crippen LogP contribution >= 0.6 is 0 Å². The molecular formula is C24H33N3O4. The summed E-state index contributed by atoms with van der Waals surface area (Å²) < 4.78 is 11.8. The number of aromatic nitrogens is 2. The van der Waals surface area contributed by atoms with Crippen molar-refractivity contribution in [2.75, 3.05) is 13.2 Å². The number of aromatic amines is 1.